The molecule has 3 rings (SSSR count). The third-order valence-electron chi connectivity index (χ3n) is 5.16. The lowest BCUT2D eigenvalue weighted by molar-refractivity contribution is -0.115. The van der Waals surface area contributed by atoms with Gasteiger partial charge < -0.3 is 15.3 Å². The summed E-state index contributed by atoms with van der Waals surface area (Å²) in [7, 11) is 0. The number of allylic oxidation sites excluding steroid dienone is 1. The molecule has 1 aliphatic carbocycles. The van der Waals surface area contributed by atoms with E-state index in [0.29, 0.717) is 12.3 Å². The minimum absolute atomic E-state index is 0.0841. The van der Waals surface area contributed by atoms with Gasteiger partial charge in [-0.3, -0.25) is 4.79 Å². The zero-order valence-corrected chi connectivity index (χ0v) is 14.3. The van der Waals surface area contributed by atoms with E-state index in [9.17, 15) is 9.90 Å². The molecule has 24 heavy (non-hydrogen) atoms. The van der Waals surface area contributed by atoms with Gasteiger partial charge in [-0.05, 0) is 56.6 Å². The minimum Gasteiger partial charge on any atom is -0.396 e. The number of benzene rings is 1. The van der Waals surface area contributed by atoms with Crippen LogP contribution in [0, 0.1) is 5.92 Å². The van der Waals surface area contributed by atoms with Crippen LogP contribution in [-0.2, 0) is 4.79 Å². The van der Waals surface area contributed by atoms with Crippen molar-refractivity contribution in [3.63, 3.8) is 0 Å². The molecule has 130 valence electrons. The van der Waals surface area contributed by atoms with Crippen LogP contribution in [0.5, 0.6) is 0 Å². The summed E-state index contributed by atoms with van der Waals surface area (Å²) in [6.45, 7) is 2.15. The molecule has 0 radical (unpaired) electrons. The summed E-state index contributed by atoms with van der Waals surface area (Å²) < 4.78 is 0. The molecule has 0 saturated carbocycles. The van der Waals surface area contributed by atoms with Gasteiger partial charge in [-0.2, -0.15) is 0 Å². The highest BCUT2D eigenvalue weighted by Crippen LogP contribution is 2.30. The Morgan fingerprint density at radius 2 is 2.00 bits per heavy atom. The maximum atomic E-state index is 12.4. The predicted molar refractivity (Wildman–Crippen MR) is 98.3 cm³/mol. The number of carbonyl (C=O) groups excluding carboxylic acids is 1. The molecular formula is C20H28N2O2. The van der Waals surface area contributed by atoms with Crippen molar-refractivity contribution in [1.82, 2.24) is 0 Å². The van der Waals surface area contributed by atoms with Crippen molar-refractivity contribution in [1.29, 1.82) is 0 Å². The molecule has 1 saturated heterocycles. The lowest BCUT2D eigenvalue weighted by Gasteiger charge is -2.34. The van der Waals surface area contributed by atoms with Crippen molar-refractivity contribution < 1.29 is 9.90 Å². The summed E-state index contributed by atoms with van der Waals surface area (Å²) in [5.74, 6) is 0.502. The summed E-state index contributed by atoms with van der Waals surface area (Å²) in [6.07, 6.45) is 9.38. The number of hydrogen-bond donors (Lipinski definition) is 2. The molecule has 1 heterocycles. The van der Waals surface area contributed by atoms with E-state index in [1.807, 2.05) is 18.2 Å². The van der Waals surface area contributed by atoms with Crippen molar-refractivity contribution in [2.45, 2.75) is 44.9 Å². The monoisotopic (exact) mass is 328 g/mol. The lowest BCUT2D eigenvalue weighted by atomic mass is 9.96. The van der Waals surface area contributed by atoms with E-state index in [4.69, 9.17) is 0 Å². The SMILES string of the molecule is O=C(CC1=CCCCC1)Nc1ccccc1N1CCC(CO)CC1. The van der Waals surface area contributed by atoms with Crippen molar-refractivity contribution in [2.24, 2.45) is 5.92 Å². The second-order valence-electron chi connectivity index (χ2n) is 6.96. The topological polar surface area (TPSA) is 52.6 Å². The summed E-state index contributed by atoms with van der Waals surface area (Å²) in [5.41, 5.74) is 3.28. The van der Waals surface area contributed by atoms with Gasteiger partial charge in [-0.1, -0.05) is 23.8 Å². The number of hydrogen-bond acceptors (Lipinski definition) is 3. The summed E-state index contributed by atoms with van der Waals surface area (Å²) in [4.78, 5) is 14.7. The van der Waals surface area contributed by atoms with Gasteiger partial charge in [0.1, 0.15) is 0 Å². The maximum absolute atomic E-state index is 12.4. The highest BCUT2D eigenvalue weighted by atomic mass is 16.3. The van der Waals surface area contributed by atoms with Crippen molar-refractivity contribution >= 4 is 17.3 Å². The number of carbonyl (C=O) groups is 1. The van der Waals surface area contributed by atoms with Crippen LogP contribution in [0.2, 0.25) is 0 Å². The molecule has 0 spiro atoms. The highest BCUT2D eigenvalue weighted by molar-refractivity contribution is 5.95. The standard InChI is InChI=1S/C20H28N2O2/c23-15-17-10-12-22(13-11-17)19-9-5-4-8-18(19)21-20(24)14-16-6-2-1-3-7-16/h4-6,8-9,17,23H,1-3,7,10-15H2,(H,21,24). The Hall–Kier alpha value is -1.81. The van der Waals surface area contributed by atoms with Crippen LogP contribution in [0.15, 0.2) is 35.9 Å². The summed E-state index contributed by atoms with van der Waals surface area (Å²) in [6, 6.07) is 8.06. The summed E-state index contributed by atoms with van der Waals surface area (Å²) in [5, 5.41) is 12.4. The third kappa shape index (κ3) is 4.38. The number of para-hydroxylation sites is 2. The van der Waals surface area contributed by atoms with Crippen molar-refractivity contribution in [3.8, 4) is 0 Å². The quantitative estimate of drug-likeness (QED) is 0.810. The van der Waals surface area contributed by atoms with Gasteiger partial charge >= 0.3 is 0 Å². The Morgan fingerprint density at radius 3 is 2.71 bits per heavy atom. The van der Waals surface area contributed by atoms with E-state index in [2.05, 4.69) is 22.4 Å². The first-order valence-electron chi connectivity index (χ1n) is 9.19. The van der Waals surface area contributed by atoms with Gasteiger partial charge in [0.2, 0.25) is 5.91 Å². The van der Waals surface area contributed by atoms with E-state index >= 15 is 0 Å². The molecule has 0 aromatic heterocycles. The van der Waals surface area contributed by atoms with Gasteiger partial charge in [0.05, 0.1) is 11.4 Å². The fraction of sp³-hybridized carbons (Fsp3) is 0.550. The maximum Gasteiger partial charge on any atom is 0.228 e. The van der Waals surface area contributed by atoms with Crippen LogP contribution >= 0.6 is 0 Å². The zero-order chi connectivity index (χ0) is 16.8. The van der Waals surface area contributed by atoms with E-state index in [-0.39, 0.29) is 12.5 Å². The van der Waals surface area contributed by atoms with Crippen LogP contribution in [0.25, 0.3) is 0 Å². The van der Waals surface area contributed by atoms with Crippen LogP contribution in [-0.4, -0.2) is 30.7 Å². The minimum atomic E-state index is 0.0841. The van der Waals surface area contributed by atoms with Crippen molar-refractivity contribution in [2.75, 3.05) is 29.9 Å². The van der Waals surface area contributed by atoms with Gasteiger partial charge in [0.25, 0.3) is 0 Å². The molecule has 1 fully saturated rings. The molecule has 1 aromatic rings. The number of rotatable bonds is 5. The van der Waals surface area contributed by atoms with Crippen LogP contribution in [0.4, 0.5) is 11.4 Å². The van der Waals surface area contributed by atoms with E-state index in [0.717, 1.165) is 50.1 Å². The van der Waals surface area contributed by atoms with Crippen molar-refractivity contribution in [3.05, 3.63) is 35.9 Å². The van der Waals surface area contributed by atoms with Gasteiger partial charge in [-0.15, -0.1) is 0 Å². The van der Waals surface area contributed by atoms with Gasteiger partial charge in [0, 0.05) is 26.1 Å². The Kier molecular flexibility index (Phi) is 5.91. The number of anilines is 2. The normalized spacial score (nSPS) is 19.0. The second-order valence-corrected chi connectivity index (χ2v) is 6.96. The Balaban J connectivity index is 1.63. The molecule has 4 nitrogen and oxygen atoms in total. The number of aliphatic hydroxyl groups excluding tert-OH is 1. The third-order valence-corrected chi connectivity index (χ3v) is 5.16. The lowest BCUT2D eigenvalue weighted by Crippen LogP contribution is -2.35. The van der Waals surface area contributed by atoms with Crippen LogP contribution in [0.1, 0.15) is 44.9 Å². The predicted octanol–water partition coefficient (Wildman–Crippen LogP) is 3.72. The number of nitrogens with zero attached hydrogens (tertiary/aromatic N) is 1. The molecule has 4 heteroatoms. The summed E-state index contributed by atoms with van der Waals surface area (Å²) >= 11 is 0. The fourth-order valence-electron chi connectivity index (χ4n) is 3.68. The van der Waals surface area contributed by atoms with E-state index in [1.165, 1.54) is 18.4 Å². The smallest absolute Gasteiger partial charge is 0.228 e. The first-order valence-corrected chi connectivity index (χ1v) is 9.19. The van der Waals surface area contributed by atoms with Gasteiger partial charge in [-0.25, -0.2) is 0 Å². The molecule has 1 aliphatic heterocycles. The first kappa shape index (κ1) is 17.0. The molecule has 0 atom stereocenters. The average molecular weight is 328 g/mol. The highest BCUT2D eigenvalue weighted by Gasteiger charge is 2.21. The molecule has 1 amide bonds. The van der Waals surface area contributed by atoms with Gasteiger partial charge in [0.15, 0.2) is 0 Å². The Morgan fingerprint density at radius 1 is 1.21 bits per heavy atom. The molecule has 0 unspecified atom stereocenters. The molecular weight excluding hydrogens is 300 g/mol. The zero-order valence-electron chi connectivity index (χ0n) is 14.3. The number of aliphatic hydroxyl groups is 1. The Labute approximate surface area is 144 Å². The number of nitrogens with one attached hydrogen (secondary N) is 1. The second kappa shape index (κ2) is 8.34. The molecule has 0 bridgehead atoms. The fourth-order valence-corrected chi connectivity index (χ4v) is 3.68. The number of piperidine rings is 1. The average Bonchev–Trinajstić information content (AvgIpc) is 2.63. The van der Waals surface area contributed by atoms with E-state index in [1.54, 1.807) is 0 Å². The van der Waals surface area contributed by atoms with Crippen LogP contribution < -0.4 is 10.2 Å². The van der Waals surface area contributed by atoms with E-state index < -0.39 is 0 Å². The Bertz CT molecular complexity index is 589. The first-order chi connectivity index (χ1) is 11.8. The number of amides is 1. The molecule has 2 N–H and O–H groups in total. The molecule has 2 aliphatic rings. The molecule has 1 aromatic carbocycles. The van der Waals surface area contributed by atoms with Crippen LogP contribution in [0.3, 0.4) is 0 Å². The largest absolute Gasteiger partial charge is 0.396 e.